The van der Waals surface area contributed by atoms with Crippen molar-refractivity contribution in [1.29, 1.82) is 0 Å². The summed E-state index contributed by atoms with van der Waals surface area (Å²) in [4.78, 5) is 20.7. The van der Waals surface area contributed by atoms with E-state index < -0.39 is 0 Å². The molecule has 0 fully saturated rings. The largest absolute Gasteiger partial charge is 0.494 e. The van der Waals surface area contributed by atoms with Crippen molar-refractivity contribution < 1.29 is 5.11 Å². The molecule has 0 radical (unpaired) electrons. The van der Waals surface area contributed by atoms with Crippen LogP contribution in [0.4, 0.5) is 0 Å². The van der Waals surface area contributed by atoms with E-state index in [0.29, 0.717) is 24.4 Å². The first-order valence-corrected chi connectivity index (χ1v) is 9.52. The summed E-state index contributed by atoms with van der Waals surface area (Å²) in [5.74, 6) is 0.579. The second kappa shape index (κ2) is 7.44. The molecule has 0 bridgehead atoms. The van der Waals surface area contributed by atoms with Gasteiger partial charge in [0.05, 0.1) is 29.7 Å². The van der Waals surface area contributed by atoms with Crippen LogP contribution in [0.5, 0.6) is 5.88 Å². The number of para-hydroxylation sites is 2. The molecule has 4 rings (SSSR count). The number of rotatable bonds is 5. The highest BCUT2D eigenvalue weighted by atomic mass is 32.1. The summed E-state index contributed by atoms with van der Waals surface area (Å²) in [6.45, 7) is 2.45. The predicted molar refractivity (Wildman–Crippen MR) is 111 cm³/mol. The lowest BCUT2D eigenvalue weighted by Crippen LogP contribution is -2.29. The fourth-order valence-corrected chi connectivity index (χ4v) is 3.63. The van der Waals surface area contributed by atoms with Crippen LogP contribution in [0.3, 0.4) is 0 Å². The van der Waals surface area contributed by atoms with Crippen molar-refractivity contribution in [2.24, 2.45) is 0 Å². The second-order valence-corrected chi connectivity index (χ2v) is 6.97. The molecular formula is C21H20N4O2S. The van der Waals surface area contributed by atoms with E-state index in [1.54, 1.807) is 4.57 Å². The van der Waals surface area contributed by atoms with E-state index in [1.807, 2.05) is 61.5 Å². The summed E-state index contributed by atoms with van der Waals surface area (Å²) >= 11 is 5.58. The number of hydrogen-bond donors (Lipinski definition) is 2. The average Bonchev–Trinajstić information content (AvgIpc) is 3.12. The van der Waals surface area contributed by atoms with Crippen molar-refractivity contribution in [1.82, 2.24) is 19.1 Å². The lowest BCUT2D eigenvalue weighted by Gasteiger charge is -2.16. The Morgan fingerprint density at radius 1 is 1.04 bits per heavy atom. The molecule has 0 amide bonds. The van der Waals surface area contributed by atoms with E-state index in [2.05, 4.69) is 9.97 Å². The Balaban J connectivity index is 1.83. The van der Waals surface area contributed by atoms with Crippen LogP contribution in [0.1, 0.15) is 23.9 Å². The molecule has 28 heavy (non-hydrogen) atoms. The van der Waals surface area contributed by atoms with Crippen molar-refractivity contribution in [2.45, 2.75) is 26.4 Å². The smallest absolute Gasteiger partial charge is 0.261 e. The Morgan fingerprint density at radius 3 is 2.46 bits per heavy atom. The summed E-state index contributed by atoms with van der Waals surface area (Å²) in [6, 6.07) is 17.4. The molecule has 2 aromatic heterocycles. The standard InChI is InChI=1S/C21H20N4O2S/c1-2-15-19(26)24(12-14-8-4-3-5-9-14)21(28)25(20(15)27)13-18-22-16-10-6-7-11-17(16)23-18/h3-11,26H,2,12-13H2,1H3,(H,22,23). The number of fused-ring (bicyclic) bond motifs is 1. The van der Waals surface area contributed by atoms with Crippen molar-refractivity contribution in [3.8, 4) is 5.88 Å². The van der Waals surface area contributed by atoms with Gasteiger partial charge in [-0.15, -0.1) is 0 Å². The average molecular weight is 392 g/mol. The third-order valence-electron chi connectivity index (χ3n) is 4.77. The zero-order chi connectivity index (χ0) is 19.7. The molecule has 4 aromatic rings. The maximum absolute atomic E-state index is 12.9. The van der Waals surface area contributed by atoms with Gasteiger partial charge in [-0.25, -0.2) is 4.98 Å². The third kappa shape index (κ3) is 3.25. The summed E-state index contributed by atoms with van der Waals surface area (Å²) < 4.78 is 3.37. The number of imidazole rings is 1. The monoisotopic (exact) mass is 392 g/mol. The number of aromatic nitrogens is 4. The van der Waals surface area contributed by atoms with Gasteiger partial charge in [0.15, 0.2) is 4.77 Å². The van der Waals surface area contributed by atoms with E-state index in [1.165, 1.54) is 4.57 Å². The van der Waals surface area contributed by atoms with Crippen molar-refractivity contribution >= 4 is 23.3 Å². The summed E-state index contributed by atoms with van der Waals surface area (Å²) in [6.07, 6.45) is 0.412. The van der Waals surface area contributed by atoms with Crippen molar-refractivity contribution in [3.63, 3.8) is 0 Å². The molecule has 2 aromatic carbocycles. The predicted octanol–water partition coefficient (Wildman–Crippen LogP) is 3.62. The number of nitrogens with zero attached hydrogens (tertiary/aromatic N) is 3. The van der Waals surface area contributed by atoms with Gasteiger partial charge in [-0.05, 0) is 36.3 Å². The molecule has 2 N–H and O–H groups in total. The van der Waals surface area contributed by atoms with Crippen LogP contribution in [0.25, 0.3) is 11.0 Å². The van der Waals surface area contributed by atoms with E-state index in [9.17, 15) is 9.90 Å². The highest BCUT2D eigenvalue weighted by Crippen LogP contribution is 2.18. The van der Waals surface area contributed by atoms with E-state index in [-0.39, 0.29) is 22.8 Å². The van der Waals surface area contributed by atoms with Crippen LogP contribution in [-0.2, 0) is 19.5 Å². The molecule has 0 atom stereocenters. The lowest BCUT2D eigenvalue weighted by atomic mass is 10.2. The van der Waals surface area contributed by atoms with E-state index >= 15 is 0 Å². The van der Waals surface area contributed by atoms with E-state index in [0.717, 1.165) is 16.6 Å². The van der Waals surface area contributed by atoms with Crippen LogP contribution in [0.2, 0.25) is 0 Å². The van der Waals surface area contributed by atoms with Crippen LogP contribution in [0, 0.1) is 4.77 Å². The zero-order valence-electron chi connectivity index (χ0n) is 15.4. The minimum atomic E-state index is -0.283. The molecule has 0 aliphatic rings. The van der Waals surface area contributed by atoms with Gasteiger partial charge < -0.3 is 10.1 Å². The quantitative estimate of drug-likeness (QED) is 0.509. The van der Waals surface area contributed by atoms with Crippen molar-refractivity contribution in [2.75, 3.05) is 0 Å². The van der Waals surface area contributed by atoms with Crippen LogP contribution in [0.15, 0.2) is 59.4 Å². The number of nitrogens with one attached hydrogen (secondary N) is 1. The molecule has 2 heterocycles. The highest BCUT2D eigenvalue weighted by Gasteiger charge is 2.17. The maximum Gasteiger partial charge on any atom is 0.261 e. The SMILES string of the molecule is CCc1c(O)n(Cc2ccccc2)c(=S)n(Cc2nc3ccccc3[nH]2)c1=O. The number of aromatic hydroxyl groups is 1. The molecule has 6 nitrogen and oxygen atoms in total. The molecule has 0 unspecified atom stereocenters. The van der Waals surface area contributed by atoms with Gasteiger partial charge in [0.2, 0.25) is 5.88 Å². The van der Waals surface area contributed by atoms with Gasteiger partial charge in [-0.1, -0.05) is 49.4 Å². The Labute approximate surface area is 166 Å². The normalized spacial score (nSPS) is 11.2. The minimum absolute atomic E-state index is 0.0674. The molecule has 0 aliphatic carbocycles. The maximum atomic E-state index is 12.9. The number of benzene rings is 2. The first-order chi connectivity index (χ1) is 13.6. The first-order valence-electron chi connectivity index (χ1n) is 9.11. The fourth-order valence-electron chi connectivity index (χ4n) is 3.33. The van der Waals surface area contributed by atoms with Gasteiger partial charge in [-0.3, -0.25) is 13.9 Å². The molecule has 0 saturated carbocycles. The van der Waals surface area contributed by atoms with Crippen LogP contribution < -0.4 is 5.56 Å². The molecule has 142 valence electrons. The number of aromatic amines is 1. The Hall–Kier alpha value is -3.19. The Bertz CT molecular complexity index is 1220. The van der Waals surface area contributed by atoms with Crippen LogP contribution in [-0.4, -0.2) is 24.2 Å². The molecule has 0 spiro atoms. The van der Waals surface area contributed by atoms with Gasteiger partial charge in [0.1, 0.15) is 5.82 Å². The van der Waals surface area contributed by atoms with Crippen LogP contribution >= 0.6 is 12.2 Å². The fraction of sp³-hybridized carbons (Fsp3) is 0.190. The van der Waals surface area contributed by atoms with Crippen molar-refractivity contribution in [3.05, 3.63) is 86.7 Å². The first kappa shape index (κ1) is 18.2. The van der Waals surface area contributed by atoms with Gasteiger partial charge in [0, 0.05) is 0 Å². The molecule has 0 saturated heterocycles. The highest BCUT2D eigenvalue weighted by molar-refractivity contribution is 7.71. The third-order valence-corrected chi connectivity index (χ3v) is 5.21. The summed E-state index contributed by atoms with van der Waals surface area (Å²) in [5.41, 5.74) is 2.80. The second-order valence-electron chi connectivity index (χ2n) is 6.60. The Kier molecular flexibility index (Phi) is 4.83. The van der Waals surface area contributed by atoms with Gasteiger partial charge in [-0.2, -0.15) is 0 Å². The topological polar surface area (TPSA) is 75.8 Å². The van der Waals surface area contributed by atoms with E-state index in [4.69, 9.17) is 12.2 Å². The van der Waals surface area contributed by atoms with Gasteiger partial charge >= 0.3 is 0 Å². The minimum Gasteiger partial charge on any atom is -0.494 e. The molecular weight excluding hydrogens is 372 g/mol. The Morgan fingerprint density at radius 2 is 1.75 bits per heavy atom. The summed E-state index contributed by atoms with van der Waals surface area (Å²) in [5, 5.41) is 10.7. The summed E-state index contributed by atoms with van der Waals surface area (Å²) in [7, 11) is 0. The number of hydrogen-bond acceptors (Lipinski definition) is 4. The number of H-pyrrole nitrogens is 1. The zero-order valence-corrected chi connectivity index (χ0v) is 16.2. The van der Waals surface area contributed by atoms with Gasteiger partial charge in [0.25, 0.3) is 5.56 Å². The molecule has 0 aliphatic heterocycles. The molecule has 7 heteroatoms. The lowest BCUT2D eigenvalue weighted by molar-refractivity contribution is 0.397.